The summed E-state index contributed by atoms with van der Waals surface area (Å²) in [4.78, 5) is 12.7. The fraction of sp³-hybridized carbons (Fsp3) is 0.182. The van der Waals surface area contributed by atoms with E-state index < -0.39 is 0 Å². The lowest BCUT2D eigenvalue weighted by atomic mass is 10.0. The number of nitrogens with zero attached hydrogens (tertiary/aromatic N) is 1. The van der Waals surface area contributed by atoms with E-state index >= 15 is 0 Å². The molecule has 0 unspecified atom stereocenters. The number of carbonyl (C=O) groups is 1. The molecule has 0 radical (unpaired) electrons. The molecule has 0 fully saturated rings. The SMILES string of the molecule is CC(C)C/C(=N\NC(=O)c1cccc2ccccc12)c1ccccc1. The van der Waals surface area contributed by atoms with Gasteiger partial charge in [-0.3, -0.25) is 4.79 Å². The van der Waals surface area contributed by atoms with Crippen LogP contribution in [0, 0.1) is 5.92 Å². The fourth-order valence-corrected chi connectivity index (χ4v) is 2.85. The van der Waals surface area contributed by atoms with Gasteiger partial charge in [-0.15, -0.1) is 0 Å². The van der Waals surface area contributed by atoms with Crippen molar-refractivity contribution in [2.45, 2.75) is 20.3 Å². The molecule has 0 spiro atoms. The lowest BCUT2D eigenvalue weighted by Gasteiger charge is -2.10. The molecule has 0 aliphatic rings. The molecule has 3 rings (SSSR count). The predicted octanol–water partition coefficient (Wildman–Crippen LogP) is 5.02. The van der Waals surface area contributed by atoms with Crippen LogP contribution in [-0.2, 0) is 0 Å². The van der Waals surface area contributed by atoms with Crippen molar-refractivity contribution in [1.29, 1.82) is 0 Å². The van der Waals surface area contributed by atoms with E-state index in [4.69, 9.17) is 0 Å². The largest absolute Gasteiger partial charge is 0.272 e. The third kappa shape index (κ3) is 4.13. The van der Waals surface area contributed by atoms with Gasteiger partial charge in [0.25, 0.3) is 5.91 Å². The van der Waals surface area contributed by atoms with Crippen LogP contribution in [-0.4, -0.2) is 11.6 Å². The van der Waals surface area contributed by atoms with Gasteiger partial charge in [-0.25, -0.2) is 5.43 Å². The third-order valence-corrected chi connectivity index (χ3v) is 4.04. The number of rotatable bonds is 5. The Hall–Kier alpha value is -2.94. The number of nitrogens with one attached hydrogen (secondary N) is 1. The smallest absolute Gasteiger partial charge is 0.267 e. The first kappa shape index (κ1) is 16.9. The normalized spacial score (nSPS) is 11.7. The van der Waals surface area contributed by atoms with Gasteiger partial charge in [0.05, 0.1) is 5.71 Å². The Balaban J connectivity index is 1.88. The Morgan fingerprint density at radius 2 is 1.60 bits per heavy atom. The highest BCUT2D eigenvalue weighted by Gasteiger charge is 2.11. The van der Waals surface area contributed by atoms with E-state index in [1.807, 2.05) is 72.8 Å². The van der Waals surface area contributed by atoms with Crippen LogP contribution in [0.5, 0.6) is 0 Å². The maximum absolute atomic E-state index is 12.7. The number of amides is 1. The molecule has 0 aliphatic carbocycles. The molecule has 3 aromatic rings. The summed E-state index contributed by atoms with van der Waals surface area (Å²) in [5, 5.41) is 6.41. The zero-order valence-corrected chi connectivity index (χ0v) is 14.6. The first-order chi connectivity index (χ1) is 12.1. The van der Waals surface area contributed by atoms with E-state index in [9.17, 15) is 4.79 Å². The monoisotopic (exact) mass is 330 g/mol. The number of hydrazone groups is 1. The number of carbonyl (C=O) groups excluding carboxylic acids is 1. The molecule has 0 aliphatic heterocycles. The molecule has 3 nitrogen and oxygen atoms in total. The van der Waals surface area contributed by atoms with Crippen molar-refractivity contribution in [3.8, 4) is 0 Å². The van der Waals surface area contributed by atoms with Crippen LogP contribution in [0.2, 0.25) is 0 Å². The number of hydrogen-bond donors (Lipinski definition) is 1. The predicted molar refractivity (Wildman–Crippen MR) is 104 cm³/mol. The molecular formula is C22H22N2O. The molecule has 0 bridgehead atoms. The van der Waals surface area contributed by atoms with Crippen molar-refractivity contribution in [2.75, 3.05) is 0 Å². The summed E-state index contributed by atoms with van der Waals surface area (Å²) in [7, 11) is 0. The average Bonchev–Trinajstić information content (AvgIpc) is 2.65. The highest BCUT2D eigenvalue weighted by molar-refractivity contribution is 6.08. The Morgan fingerprint density at radius 3 is 2.36 bits per heavy atom. The second-order valence-electron chi connectivity index (χ2n) is 6.49. The standard InChI is InChI=1S/C22H22N2O/c1-16(2)15-21(18-10-4-3-5-11-18)23-24-22(25)20-14-8-12-17-9-6-7-13-19(17)20/h3-14,16H,15H2,1-2H3,(H,24,25)/b23-21+. The molecule has 0 heterocycles. The average molecular weight is 330 g/mol. The molecule has 25 heavy (non-hydrogen) atoms. The maximum Gasteiger partial charge on any atom is 0.272 e. The van der Waals surface area contributed by atoms with Crippen molar-refractivity contribution in [1.82, 2.24) is 5.43 Å². The first-order valence-electron chi connectivity index (χ1n) is 8.55. The van der Waals surface area contributed by atoms with Crippen molar-refractivity contribution in [3.05, 3.63) is 83.9 Å². The number of hydrogen-bond acceptors (Lipinski definition) is 2. The van der Waals surface area contributed by atoms with Gasteiger partial charge in [0.1, 0.15) is 0 Å². The van der Waals surface area contributed by atoms with Crippen LogP contribution in [0.4, 0.5) is 0 Å². The maximum atomic E-state index is 12.7. The summed E-state index contributed by atoms with van der Waals surface area (Å²) < 4.78 is 0. The van der Waals surface area contributed by atoms with Crippen LogP contribution in [0.25, 0.3) is 10.8 Å². The Kier molecular flexibility index (Phi) is 5.24. The quantitative estimate of drug-likeness (QED) is 0.518. The van der Waals surface area contributed by atoms with E-state index in [0.29, 0.717) is 11.5 Å². The molecule has 0 atom stereocenters. The fourth-order valence-electron chi connectivity index (χ4n) is 2.85. The van der Waals surface area contributed by atoms with Crippen LogP contribution in [0.1, 0.15) is 36.2 Å². The summed E-state index contributed by atoms with van der Waals surface area (Å²) in [6.45, 7) is 4.29. The van der Waals surface area contributed by atoms with Crippen molar-refractivity contribution in [2.24, 2.45) is 11.0 Å². The van der Waals surface area contributed by atoms with Gasteiger partial charge in [0.2, 0.25) is 0 Å². The molecule has 0 aromatic heterocycles. The second kappa shape index (κ2) is 7.75. The molecule has 0 saturated carbocycles. The van der Waals surface area contributed by atoms with E-state index in [2.05, 4.69) is 24.4 Å². The number of benzene rings is 3. The number of fused-ring (bicyclic) bond motifs is 1. The van der Waals surface area contributed by atoms with Crippen LogP contribution in [0.15, 0.2) is 77.9 Å². The minimum absolute atomic E-state index is 0.186. The molecule has 126 valence electrons. The van der Waals surface area contributed by atoms with Crippen LogP contribution < -0.4 is 5.43 Å². The van der Waals surface area contributed by atoms with Gasteiger partial charge >= 0.3 is 0 Å². The first-order valence-corrected chi connectivity index (χ1v) is 8.55. The van der Waals surface area contributed by atoms with Crippen LogP contribution in [0.3, 0.4) is 0 Å². The lowest BCUT2D eigenvalue weighted by Crippen LogP contribution is -2.21. The minimum Gasteiger partial charge on any atom is -0.267 e. The van der Waals surface area contributed by atoms with E-state index in [-0.39, 0.29) is 5.91 Å². The van der Waals surface area contributed by atoms with Crippen LogP contribution >= 0.6 is 0 Å². The highest BCUT2D eigenvalue weighted by atomic mass is 16.2. The van der Waals surface area contributed by atoms with Gasteiger partial charge in [-0.2, -0.15) is 5.10 Å². The van der Waals surface area contributed by atoms with E-state index in [1.54, 1.807) is 0 Å². The van der Waals surface area contributed by atoms with Gasteiger partial charge in [-0.1, -0.05) is 80.6 Å². The topological polar surface area (TPSA) is 41.5 Å². The van der Waals surface area contributed by atoms with Gasteiger partial charge in [0.15, 0.2) is 0 Å². The molecule has 3 aromatic carbocycles. The van der Waals surface area contributed by atoms with Crippen molar-refractivity contribution in [3.63, 3.8) is 0 Å². The third-order valence-electron chi connectivity index (χ3n) is 4.04. The molecule has 3 heteroatoms. The molecule has 1 N–H and O–H groups in total. The van der Waals surface area contributed by atoms with Crippen molar-refractivity contribution < 1.29 is 4.79 Å². The molecule has 0 saturated heterocycles. The van der Waals surface area contributed by atoms with E-state index in [0.717, 1.165) is 28.5 Å². The summed E-state index contributed by atoms with van der Waals surface area (Å²) >= 11 is 0. The second-order valence-corrected chi connectivity index (χ2v) is 6.49. The van der Waals surface area contributed by atoms with Gasteiger partial charge < -0.3 is 0 Å². The Labute approximate surface area is 148 Å². The van der Waals surface area contributed by atoms with Gasteiger partial charge in [0, 0.05) is 5.56 Å². The summed E-state index contributed by atoms with van der Waals surface area (Å²) in [6.07, 6.45) is 0.805. The Morgan fingerprint density at radius 1 is 0.920 bits per heavy atom. The van der Waals surface area contributed by atoms with E-state index in [1.165, 1.54) is 0 Å². The molecular weight excluding hydrogens is 308 g/mol. The molecule has 1 amide bonds. The summed E-state index contributed by atoms with van der Waals surface area (Å²) in [6, 6.07) is 23.6. The van der Waals surface area contributed by atoms with Gasteiger partial charge in [-0.05, 0) is 34.7 Å². The Bertz CT molecular complexity index is 893. The summed E-state index contributed by atoms with van der Waals surface area (Å²) in [5.41, 5.74) is 5.31. The zero-order valence-electron chi connectivity index (χ0n) is 14.6. The minimum atomic E-state index is -0.186. The highest BCUT2D eigenvalue weighted by Crippen LogP contribution is 2.18. The lowest BCUT2D eigenvalue weighted by molar-refractivity contribution is 0.0956. The van der Waals surface area contributed by atoms with Crippen molar-refractivity contribution >= 4 is 22.4 Å². The summed E-state index contributed by atoms with van der Waals surface area (Å²) in [5.74, 6) is 0.266. The zero-order chi connectivity index (χ0) is 17.6.